The van der Waals surface area contributed by atoms with Gasteiger partial charge in [-0.15, -0.1) is 0 Å². The van der Waals surface area contributed by atoms with Crippen molar-refractivity contribution in [2.75, 3.05) is 42.3 Å². The molecule has 0 radical (unpaired) electrons. The third-order valence-corrected chi connectivity index (χ3v) is 13.6. The Hall–Kier alpha value is -0.160. The number of likely N-dealkylation sites (N-methyl/N-ethyl adjacent to an activating group) is 1. The van der Waals surface area contributed by atoms with Gasteiger partial charge in [-0.25, -0.2) is 0 Å². The first-order chi connectivity index (χ1) is 16.1. The quantitative estimate of drug-likeness (QED) is 0.335. The highest BCUT2D eigenvalue weighted by molar-refractivity contribution is 4.83. The van der Waals surface area contributed by atoms with Crippen molar-refractivity contribution in [2.24, 2.45) is 29.6 Å². The van der Waals surface area contributed by atoms with Gasteiger partial charge >= 0.3 is 0 Å². The van der Waals surface area contributed by atoms with Gasteiger partial charge in [-0.3, -0.25) is 0 Å². The Morgan fingerprint density at radius 2 is 0.500 bits per heavy atom. The van der Waals surface area contributed by atoms with Crippen molar-refractivity contribution in [3.8, 4) is 0 Å². The molecule has 0 N–H and O–H groups in total. The molecule has 4 nitrogen and oxygen atoms in total. The molecular weight excluding hydrogens is 442 g/mol. The van der Waals surface area contributed by atoms with Gasteiger partial charge in [0.05, 0.1) is 66.5 Å². The zero-order valence-electron chi connectivity index (χ0n) is 28.3. The van der Waals surface area contributed by atoms with Gasteiger partial charge in [0.25, 0.3) is 0 Å². The van der Waals surface area contributed by atoms with Crippen molar-refractivity contribution in [1.82, 2.24) is 0 Å². The molecule has 0 aromatic heterocycles. The Morgan fingerprint density at radius 3 is 0.722 bits per heavy atom. The zero-order valence-corrected chi connectivity index (χ0v) is 28.3. The first-order valence-electron chi connectivity index (χ1n) is 15.2. The van der Waals surface area contributed by atoms with Crippen molar-refractivity contribution < 1.29 is 18.2 Å². The molecule has 0 bridgehead atoms. The van der Waals surface area contributed by atoms with E-state index in [0.29, 0.717) is 24.3 Å². The number of piperidine rings is 1. The molecule has 36 heavy (non-hydrogen) atoms. The fraction of sp³-hybridized carbons (Fsp3) is 1.00. The van der Waals surface area contributed by atoms with Crippen LogP contribution in [0.1, 0.15) is 90.0 Å². The number of nitrogens with zero attached hydrogens (tertiary/aromatic N) is 3. The van der Waals surface area contributed by atoms with Crippen molar-refractivity contribution in [1.29, 1.82) is 0 Å². The summed E-state index contributed by atoms with van der Waals surface area (Å²) in [7, 11) is 14.1. The van der Waals surface area contributed by atoms with Gasteiger partial charge in [0.2, 0.25) is 0 Å². The fourth-order valence-corrected chi connectivity index (χ4v) is 7.42. The average molecular weight is 513 g/mol. The van der Waals surface area contributed by atoms with Crippen LogP contribution in [0.25, 0.3) is 0 Å². The molecule has 3 rings (SSSR count). The smallest absolute Gasteiger partial charge is 0.112 e. The highest BCUT2D eigenvalue weighted by atomic mass is 16.5. The molecule has 3 saturated heterocycles. The molecule has 12 unspecified atom stereocenters. The van der Waals surface area contributed by atoms with E-state index in [1.807, 2.05) is 0 Å². The molecular formula is C32H70N3O+3. The van der Waals surface area contributed by atoms with Crippen molar-refractivity contribution in [3.63, 3.8) is 0 Å². The summed E-state index contributed by atoms with van der Waals surface area (Å²) in [5.74, 6) is 4.32. The summed E-state index contributed by atoms with van der Waals surface area (Å²) in [6.45, 7) is 30.5. The van der Waals surface area contributed by atoms with E-state index in [2.05, 4.69) is 132 Å². The van der Waals surface area contributed by atoms with E-state index in [1.54, 1.807) is 0 Å². The fourth-order valence-electron chi connectivity index (χ4n) is 7.42. The van der Waals surface area contributed by atoms with Crippen LogP contribution in [-0.4, -0.2) is 104 Å². The van der Waals surface area contributed by atoms with Gasteiger partial charge < -0.3 is 18.2 Å². The van der Waals surface area contributed by atoms with E-state index in [0.717, 1.165) is 58.2 Å². The molecule has 0 spiro atoms. The first-order valence-corrected chi connectivity index (χ1v) is 15.2. The maximum atomic E-state index is 5.83. The van der Waals surface area contributed by atoms with Crippen molar-refractivity contribution in [3.05, 3.63) is 0 Å². The van der Waals surface area contributed by atoms with Gasteiger partial charge in [0, 0.05) is 23.7 Å². The lowest BCUT2D eigenvalue weighted by Crippen LogP contribution is -2.65. The second kappa shape index (κ2) is 11.9. The minimum absolute atomic E-state index is 0.381. The molecule has 3 aliphatic heterocycles. The summed E-state index contributed by atoms with van der Waals surface area (Å²) in [6.07, 6.45) is 0.761. The number of quaternary nitrogens is 3. The van der Waals surface area contributed by atoms with Gasteiger partial charge in [-0.2, -0.15) is 0 Å². The molecule has 0 aromatic rings. The number of morpholine rings is 1. The Bertz CT molecular complexity index is 639. The molecule has 216 valence electrons. The van der Waals surface area contributed by atoms with Crippen LogP contribution in [0.15, 0.2) is 0 Å². The van der Waals surface area contributed by atoms with Gasteiger partial charge in [0.1, 0.15) is 24.3 Å². The first kappa shape index (κ1) is 33.9. The van der Waals surface area contributed by atoms with Crippen LogP contribution in [-0.2, 0) is 4.74 Å². The Labute approximate surface area is 228 Å². The molecule has 0 saturated carbocycles. The minimum Gasteiger partial charge on any atom is -0.363 e. The van der Waals surface area contributed by atoms with Gasteiger partial charge in [-0.05, 0) is 61.3 Å². The van der Waals surface area contributed by atoms with E-state index in [-0.39, 0.29) is 0 Å². The summed E-state index contributed by atoms with van der Waals surface area (Å²) in [6, 6.07) is 4.41. The molecule has 3 fully saturated rings. The molecule has 3 heterocycles. The molecule has 0 aromatic carbocycles. The topological polar surface area (TPSA) is 9.23 Å². The average Bonchev–Trinajstić information content (AvgIpc) is 2.94. The normalized spacial score (nSPS) is 49.2. The second-order valence-electron chi connectivity index (χ2n) is 15.2. The lowest BCUT2D eigenvalue weighted by atomic mass is 9.72. The SMILES string of the molecule is CC1C(C)C(C)[N+](C)(C)C(C)C1C.CC1C(C)C(C)[N+](C)(C)C1C.CC1OC(C)C(C)[N+](C)(C)C1C. The summed E-state index contributed by atoms with van der Waals surface area (Å²) in [5.41, 5.74) is 0. The monoisotopic (exact) mass is 513 g/mol. The summed E-state index contributed by atoms with van der Waals surface area (Å²) in [4.78, 5) is 0. The van der Waals surface area contributed by atoms with Crippen molar-refractivity contribution >= 4 is 0 Å². The predicted octanol–water partition coefficient (Wildman–Crippen LogP) is 6.53. The highest BCUT2D eigenvalue weighted by Crippen LogP contribution is 2.40. The van der Waals surface area contributed by atoms with E-state index in [4.69, 9.17) is 4.74 Å². The zero-order chi connectivity index (χ0) is 28.7. The van der Waals surface area contributed by atoms with Crippen LogP contribution in [0.5, 0.6) is 0 Å². The molecule has 12 atom stereocenters. The van der Waals surface area contributed by atoms with Crippen LogP contribution < -0.4 is 0 Å². The maximum absolute atomic E-state index is 5.83. The highest BCUT2D eigenvalue weighted by Gasteiger charge is 2.48. The Morgan fingerprint density at radius 1 is 0.306 bits per heavy atom. The van der Waals surface area contributed by atoms with Gasteiger partial charge in [0.15, 0.2) is 0 Å². The number of hydrogen-bond donors (Lipinski definition) is 0. The van der Waals surface area contributed by atoms with Crippen LogP contribution in [0.3, 0.4) is 0 Å². The van der Waals surface area contributed by atoms with Crippen LogP contribution in [0.2, 0.25) is 0 Å². The summed E-state index contributed by atoms with van der Waals surface area (Å²) < 4.78 is 9.29. The number of likely N-dealkylation sites (tertiary alicyclic amines) is 2. The lowest BCUT2D eigenvalue weighted by Gasteiger charge is -2.53. The Balaban J connectivity index is 0.000000271. The van der Waals surface area contributed by atoms with E-state index < -0.39 is 0 Å². The lowest BCUT2D eigenvalue weighted by molar-refractivity contribution is -0.950. The Kier molecular flexibility index (Phi) is 11.2. The molecule has 4 heteroatoms. The third-order valence-electron chi connectivity index (χ3n) is 13.6. The summed E-state index contributed by atoms with van der Waals surface area (Å²) >= 11 is 0. The van der Waals surface area contributed by atoms with Crippen LogP contribution in [0, 0.1) is 29.6 Å². The van der Waals surface area contributed by atoms with E-state index in [1.165, 1.54) is 8.97 Å². The third kappa shape index (κ3) is 6.35. The number of hydrogen-bond acceptors (Lipinski definition) is 1. The van der Waals surface area contributed by atoms with Gasteiger partial charge in [-0.1, -0.05) is 34.6 Å². The predicted molar refractivity (Wildman–Crippen MR) is 159 cm³/mol. The standard InChI is InChI=1S/C12H26N.C10H22NO.C10H22N/c1-8-9(2)11(4)13(6,7)12(5)10(8)3;1-7-9(3)12-10(4)8(2)11(7,5)6;1-7-8(2)10(4)11(5,6)9(7)3/h8-12H,1-7H3;7-10H,1-6H3;7-10H,1-6H3/q3*+1. The maximum Gasteiger partial charge on any atom is 0.112 e. The second-order valence-corrected chi connectivity index (χ2v) is 15.2. The molecule has 0 amide bonds. The van der Waals surface area contributed by atoms with Crippen LogP contribution in [0.4, 0.5) is 0 Å². The van der Waals surface area contributed by atoms with E-state index >= 15 is 0 Å². The van der Waals surface area contributed by atoms with E-state index in [9.17, 15) is 0 Å². The van der Waals surface area contributed by atoms with Crippen molar-refractivity contribution in [2.45, 2.75) is 138 Å². The number of rotatable bonds is 0. The number of ether oxygens (including phenoxy) is 1. The summed E-state index contributed by atoms with van der Waals surface area (Å²) in [5, 5.41) is 0. The minimum atomic E-state index is 0.381. The van der Waals surface area contributed by atoms with Crippen LogP contribution >= 0.6 is 0 Å². The molecule has 3 aliphatic rings. The largest absolute Gasteiger partial charge is 0.363 e. The molecule has 0 aliphatic carbocycles.